The minimum atomic E-state index is 0.729. The van der Waals surface area contributed by atoms with E-state index in [1.807, 2.05) is 0 Å². The molecule has 0 aliphatic rings. The highest BCUT2D eigenvalue weighted by atomic mass is 15.1. The Balaban J connectivity index is 2.14. The van der Waals surface area contributed by atoms with Crippen LogP contribution in [0.4, 0.5) is 0 Å². The van der Waals surface area contributed by atoms with E-state index in [0.29, 0.717) is 0 Å². The van der Waals surface area contributed by atoms with E-state index in [2.05, 4.69) is 42.7 Å². The summed E-state index contributed by atoms with van der Waals surface area (Å²) in [4.78, 5) is 3.60. The molecule has 2 nitrogen and oxygen atoms in total. The minimum absolute atomic E-state index is 0.729. The molecule has 1 rings (SSSR count). The van der Waals surface area contributed by atoms with E-state index in [0.717, 1.165) is 12.5 Å². The Kier molecular flexibility index (Phi) is 22.0. The van der Waals surface area contributed by atoms with Crippen molar-refractivity contribution in [3.05, 3.63) is 18.2 Å². The number of imidazole rings is 1. The Hall–Kier alpha value is -0.790. The van der Waals surface area contributed by atoms with Crippen molar-refractivity contribution in [3.8, 4) is 0 Å². The highest BCUT2D eigenvalue weighted by Crippen LogP contribution is 2.26. The van der Waals surface area contributed by atoms with Gasteiger partial charge in [-0.15, -0.1) is 0 Å². The predicted octanol–water partition coefficient (Wildman–Crippen LogP) is 10.8. The number of aryl methyl sites for hydroxylation is 1. The van der Waals surface area contributed by atoms with Crippen LogP contribution in [0.15, 0.2) is 12.4 Å². The van der Waals surface area contributed by atoms with Crippen molar-refractivity contribution in [2.75, 3.05) is 0 Å². The van der Waals surface area contributed by atoms with Crippen molar-refractivity contribution >= 4 is 0 Å². The Morgan fingerprint density at radius 3 is 1.24 bits per heavy atom. The summed E-state index contributed by atoms with van der Waals surface area (Å²) in [5.41, 5.74) is 0. The van der Waals surface area contributed by atoms with Gasteiger partial charge in [0.2, 0.25) is 0 Å². The van der Waals surface area contributed by atoms with E-state index >= 15 is 0 Å². The van der Waals surface area contributed by atoms with E-state index in [4.69, 9.17) is 0 Å². The standard InChI is InChI=1S/C32H62N2/c1-4-7-9-11-13-15-17-19-21-23-25-27-31(32-33-29-30-34(32)6-3)28-26-24-22-20-18-16-14-12-10-8-5-2/h29-31H,4-28H2,1-3H3/p+1. The fourth-order valence-electron chi connectivity index (χ4n) is 5.53. The topological polar surface area (TPSA) is 19.7 Å². The third-order valence-electron chi connectivity index (χ3n) is 7.83. The molecule has 0 atom stereocenters. The van der Waals surface area contributed by atoms with Crippen molar-refractivity contribution < 1.29 is 4.57 Å². The summed E-state index contributed by atoms with van der Waals surface area (Å²) < 4.78 is 2.45. The number of hydrogen-bond donors (Lipinski definition) is 1. The van der Waals surface area contributed by atoms with Gasteiger partial charge in [0, 0.05) is 0 Å². The molecule has 0 aliphatic heterocycles. The maximum Gasteiger partial charge on any atom is 0.257 e. The zero-order valence-electron chi connectivity index (χ0n) is 23.9. The molecule has 1 heterocycles. The van der Waals surface area contributed by atoms with Crippen LogP contribution in [0.25, 0.3) is 0 Å². The third-order valence-corrected chi connectivity index (χ3v) is 7.83. The molecule has 200 valence electrons. The van der Waals surface area contributed by atoms with Crippen molar-refractivity contribution in [3.63, 3.8) is 0 Å². The summed E-state index contributed by atoms with van der Waals surface area (Å²) in [6.45, 7) is 7.98. The second kappa shape index (κ2) is 23.9. The minimum Gasteiger partial charge on any atom is -0.247 e. The molecule has 0 aliphatic carbocycles. The second-order valence-corrected chi connectivity index (χ2v) is 11.0. The van der Waals surface area contributed by atoms with Crippen molar-refractivity contribution in [2.45, 2.75) is 187 Å². The van der Waals surface area contributed by atoms with E-state index in [1.165, 1.54) is 160 Å². The van der Waals surface area contributed by atoms with Crippen LogP contribution in [0.5, 0.6) is 0 Å². The maximum absolute atomic E-state index is 3.60. The molecule has 1 N–H and O–H groups in total. The van der Waals surface area contributed by atoms with Crippen molar-refractivity contribution in [1.29, 1.82) is 0 Å². The molecule has 2 heteroatoms. The van der Waals surface area contributed by atoms with Gasteiger partial charge in [-0.3, -0.25) is 0 Å². The van der Waals surface area contributed by atoms with Crippen LogP contribution in [-0.2, 0) is 6.54 Å². The van der Waals surface area contributed by atoms with Gasteiger partial charge in [0.05, 0.1) is 12.5 Å². The van der Waals surface area contributed by atoms with Crippen molar-refractivity contribution in [1.82, 2.24) is 4.98 Å². The molecular formula is C32H63N2+. The van der Waals surface area contributed by atoms with Gasteiger partial charge in [-0.05, 0) is 19.8 Å². The molecule has 0 radical (unpaired) electrons. The van der Waals surface area contributed by atoms with E-state index in [9.17, 15) is 0 Å². The first-order valence-electron chi connectivity index (χ1n) is 15.9. The maximum atomic E-state index is 3.60. The van der Waals surface area contributed by atoms with E-state index in [1.54, 1.807) is 0 Å². The average molecular weight is 476 g/mol. The number of nitrogens with zero attached hydrogens (tertiary/aromatic N) is 1. The quantitative estimate of drug-likeness (QED) is 0.101. The van der Waals surface area contributed by atoms with Crippen LogP contribution in [-0.4, -0.2) is 4.98 Å². The number of aromatic amines is 1. The highest BCUT2D eigenvalue weighted by molar-refractivity contribution is 4.90. The first-order chi connectivity index (χ1) is 16.8. The smallest absolute Gasteiger partial charge is 0.247 e. The first-order valence-corrected chi connectivity index (χ1v) is 15.9. The number of aromatic nitrogens is 2. The van der Waals surface area contributed by atoms with Gasteiger partial charge in [-0.2, -0.15) is 0 Å². The SMILES string of the molecule is CCCCCCCCCCCCCC(CCCCCCCCCCCCC)c1[nH]cc[n+]1CC. The van der Waals surface area contributed by atoms with Crippen LogP contribution >= 0.6 is 0 Å². The summed E-state index contributed by atoms with van der Waals surface area (Å²) >= 11 is 0. The number of rotatable bonds is 26. The lowest BCUT2D eigenvalue weighted by atomic mass is 9.93. The van der Waals surface area contributed by atoms with Crippen LogP contribution in [0, 0.1) is 0 Å². The molecular weight excluding hydrogens is 412 g/mol. The van der Waals surface area contributed by atoms with E-state index < -0.39 is 0 Å². The van der Waals surface area contributed by atoms with Crippen LogP contribution in [0.3, 0.4) is 0 Å². The highest BCUT2D eigenvalue weighted by Gasteiger charge is 2.21. The summed E-state index contributed by atoms with van der Waals surface area (Å²) in [5.74, 6) is 2.22. The lowest BCUT2D eigenvalue weighted by Crippen LogP contribution is -2.36. The summed E-state index contributed by atoms with van der Waals surface area (Å²) in [6, 6.07) is 0. The number of nitrogens with one attached hydrogen (secondary N) is 1. The van der Waals surface area contributed by atoms with Gasteiger partial charge in [-0.25, -0.2) is 9.55 Å². The fourth-order valence-corrected chi connectivity index (χ4v) is 5.53. The van der Waals surface area contributed by atoms with Gasteiger partial charge >= 0.3 is 0 Å². The summed E-state index contributed by atoms with van der Waals surface area (Å²) in [6.07, 6.45) is 38.8. The van der Waals surface area contributed by atoms with Crippen LogP contribution in [0.1, 0.15) is 187 Å². The molecule has 0 aromatic carbocycles. The molecule has 0 spiro atoms. The molecule has 1 aromatic heterocycles. The molecule has 0 saturated carbocycles. The van der Waals surface area contributed by atoms with Gasteiger partial charge in [0.15, 0.2) is 0 Å². The second-order valence-electron chi connectivity index (χ2n) is 11.0. The molecule has 34 heavy (non-hydrogen) atoms. The van der Waals surface area contributed by atoms with Crippen LogP contribution in [0.2, 0.25) is 0 Å². The number of hydrogen-bond acceptors (Lipinski definition) is 0. The lowest BCUT2D eigenvalue weighted by Gasteiger charge is -2.14. The van der Waals surface area contributed by atoms with Crippen molar-refractivity contribution in [2.24, 2.45) is 0 Å². The van der Waals surface area contributed by atoms with Gasteiger partial charge in [-0.1, -0.05) is 155 Å². The summed E-state index contributed by atoms with van der Waals surface area (Å²) in [5, 5.41) is 0. The lowest BCUT2D eigenvalue weighted by molar-refractivity contribution is -0.701. The monoisotopic (exact) mass is 475 g/mol. The Bertz CT molecular complexity index is 495. The summed E-state index contributed by atoms with van der Waals surface area (Å²) in [7, 11) is 0. The molecule has 0 amide bonds. The zero-order valence-corrected chi connectivity index (χ0v) is 23.9. The first kappa shape index (κ1) is 31.2. The predicted molar refractivity (Wildman–Crippen MR) is 152 cm³/mol. The molecule has 1 aromatic rings. The fraction of sp³-hybridized carbons (Fsp3) is 0.906. The number of unbranched alkanes of at least 4 members (excludes halogenated alkanes) is 20. The average Bonchev–Trinajstić information content (AvgIpc) is 3.33. The molecule has 0 unspecified atom stereocenters. The third kappa shape index (κ3) is 16.8. The normalized spacial score (nSPS) is 11.6. The number of H-pyrrole nitrogens is 1. The largest absolute Gasteiger partial charge is 0.257 e. The Morgan fingerprint density at radius 2 is 0.882 bits per heavy atom. The zero-order chi connectivity index (χ0) is 24.5. The van der Waals surface area contributed by atoms with Gasteiger partial charge in [0.25, 0.3) is 5.82 Å². The van der Waals surface area contributed by atoms with Gasteiger partial charge in [0.1, 0.15) is 12.4 Å². The van der Waals surface area contributed by atoms with Crippen LogP contribution < -0.4 is 4.57 Å². The molecule has 0 saturated heterocycles. The molecule has 0 fully saturated rings. The van der Waals surface area contributed by atoms with Gasteiger partial charge < -0.3 is 0 Å². The van der Waals surface area contributed by atoms with E-state index in [-0.39, 0.29) is 0 Å². The Labute approximate surface area is 215 Å². The molecule has 0 bridgehead atoms. The Morgan fingerprint density at radius 1 is 0.529 bits per heavy atom.